The first-order valence-electron chi connectivity index (χ1n) is 7.13. The van der Waals surface area contributed by atoms with Crippen molar-refractivity contribution in [3.63, 3.8) is 0 Å². The van der Waals surface area contributed by atoms with E-state index in [4.69, 9.17) is 0 Å². The third-order valence-corrected chi connectivity index (χ3v) is 5.31. The Balaban J connectivity index is 1.90. The lowest BCUT2D eigenvalue weighted by Crippen LogP contribution is -2.34. The lowest BCUT2D eigenvalue weighted by atomic mass is 10.1. The van der Waals surface area contributed by atoms with Crippen LogP contribution in [0.15, 0.2) is 24.3 Å². The molecule has 2 aromatic rings. The highest BCUT2D eigenvalue weighted by Gasteiger charge is 2.22. The number of fused-ring (bicyclic) bond motifs is 1. The van der Waals surface area contributed by atoms with Crippen molar-refractivity contribution in [3.8, 4) is 0 Å². The molecular weight excluding hydrogens is 268 g/mol. The zero-order valence-corrected chi connectivity index (χ0v) is 12.9. The molecule has 2 heterocycles. The molecule has 20 heavy (non-hydrogen) atoms. The number of carbonyl (C=O) groups is 1. The SMILES string of the molecule is Cc1c(C(=O)N2CCCN(C)CC2)sc2ccccc12. The summed E-state index contributed by atoms with van der Waals surface area (Å²) in [5.74, 6) is 0.207. The van der Waals surface area contributed by atoms with Gasteiger partial charge in [0, 0.05) is 24.3 Å². The Morgan fingerprint density at radius 3 is 2.75 bits per heavy atom. The molecule has 1 aromatic heterocycles. The average Bonchev–Trinajstić information content (AvgIpc) is 2.64. The number of hydrogen-bond acceptors (Lipinski definition) is 3. The topological polar surface area (TPSA) is 23.6 Å². The van der Waals surface area contributed by atoms with E-state index >= 15 is 0 Å². The molecule has 0 radical (unpaired) electrons. The summed E-state index contributed by atoms with van der Waals surface area (Å²) in [6.07, 6.45) is 1.06. The van der Waals surface area contributed by atoms with Gasteiger partial charge in [0.15, 0.2) is 0 Å². The zero-order valence-electron chi connectivity index (χ0n) is 12.1. The molecule has 0 unspecified atom stereocenters. The van der Waals surface area contributed by atoms with Gasteiger partial charge in [0.25, 0.3) is 5.91 Å². The number of benzene rings is 1. The molecule has 1 aliphatic rings. The number of amides is 1. The van der Waals surface area contributed by atoms with E-state index in [2.05, 4.69) is 31.0 Å². The number of aryl methyl sites for hydroxylation is 1. The van der Waals surface area contributed by atoms with Gasteiger partial charge in [-0.05, 0) is 44.0 Å². The molecule has 4 heteroatoms. The van der Waals surface area contributed by atoms with E-state index in [0.717, 1.165) is 43.0 Å². The molecule has 0 N–H and O–H groups in total. The van der Waals surface area contributed by atoms with Crippen molar-refractivity contribution in [2.75, 3.05) is 33.2 Å². The normalized spacial score (nSPS) is 17.4. The first-order valence-corrected chi connectivity index (χ1v) is 7.94. The van der Waals surface area contributed by atoms with E-state index < -0.39 is 0 Å². The first kappa shape index (κ1) is 13.6. The minimum atomic E-state index is 0.207. The lowest BCUT2D eigenvalue weighted by Gasteiger charge is -2.20. The molecule has 1 saturated heterocycles. The lowest BCUT2D eigenvalue weighted by molar-refractivity contribution is 0.0767. The summed E-state index contributed by atoms with van der Waals surface area (Å²) in [5.41, 5.74) is 1.13. The van der Waals surface area contributed by atoms with Gasteiger partial charge >= 0.3 is 0 Å². The summed E-state index contributed by atoms with van der Waals surface area (Å²) in [4.78, 5) is 18.0. The molecule has 3 rings (SSSR count). The second-order valence-electron chi connectivity index (χ2n) is 5.50. The van der Waals surface area contributed by atoms with Crippen LogP contribution in [-0.4, -0.2) is 48.9 Å². The zero-order chi connectivity index (χ0) is 14.1. The largest absolute Gasteiger partial charge is 0.337 e. The number of rotatable bonds is 1. The van der Waals surface area contributed by atoms with E-state index in [-0.39, 0.29) is 5.91 Å². The van der Waals surface area contributed by atoms with E-state index in [1.54, 1.807) is 11.3 Å². The van der Waals surface area contributed by atoms with E-state index in [0.29, 0.717) is 0 Å². The fourth-order valence-electron chi connectivity index (χ4n) is 2.77. The van der Waals surface area contributed by atoms with Crippen molar-refractivity contribution < 1.29 is 4.79 Å². The molecule has 1 fully saturated rings. The molecule has 106 valence electrons. The van der Waals surface area contributed by atoms with E-state index in [9.17, 15) is 4.79 Å². The number of hydrogen-bond donors (Lipinski definition) is 0. The van der Waals surface area contributed by atoms with Crippen LogP contribution in [0.3, 0.4) is 0 Å². The Kier molecular flexibility index (Phi) is 3.76. The van der Waals surface area contributed by atoms with Gasteiger partial charge in [0.2, 0.25) is 0 Å². The van der Waals surface area contributed by atoms with Crippen molar-refractivity contribution in [2.24, 2.45) is 0 Å². The van der Waals surface area contributed by atoms with E-state index in [1.807, 2.05) is 17.0 Å². The summed E-state index contributed by atoms with van der Waals surface area (Å²) < 4.78 is 1.21. The van der Waals surface area contributed by atoms with Gasteiger partial charge in [-0.15, -0.1) is 11.3 Å². The maximum atomic E-state index is 12.8. The predicted octanol–water partition coefficient (Wildman–Crippen LogP) is 2.99. The van der Waals surface area contributed by atoms with Crippen molar-refractivity contribution in [1.29, 1.82) is 0 Å². The van der Waals surface area contributed by atoms with Crippen LogP contribution in [0, 0.1) is 6.92 Å². The molecule has 0 saturated carbocycles. The maximum Gasteiger partial charge on any atom is 0.264 e. The van der Waals surface area contributed by atoms with E-state index in [1.165, 1.54) is 10.1 Å². The summed E-state index contributed by atoms with van der Waals surface area (Å²) in [7, 11) is 2.12. The van der Waals surface area contributed by atoms with Crippen LogP contribution in [0.4, 0.5) is 0 Å². The highest BCUT2D eigenvalue weighted by Crippen LogP contribution is 2.31. The molecule has 0 spiro atoms. The van der Waals surface area contributed by atoms with Crippen LogP contribution in [0.25, 0.3) is 10.1 Å². The number of nitrogens with zero attached hydrogens (tertiary/aromatic N) is 2. The third-order valence-electron chi connectivity index (χ3n) is 4.04. The number of likely N-dealkylation sites (N-methyl/N-ethyl adjacent to an activating group) is 1. The average molecular weight is 288 g/mol. The molecule has 1 aromatic carbocycles. The van der Waals surface area contributed by atoms with Gasteiger partial charge in [-0.3, -0.25) is 4.79 Å². The van der Waals surface area contributed by atoms with Gasteiger partial charge in [0.05, 0.1) is 4.88 Å². The molecule has 0 bridgehead atoms. The Bertz CT molecular complexity index is 634. The van der Waals surface area contributed by atoms with Crippen LogP contribution in [0.1, 0.15) is 21.7 Å². The molecule has 0 aliphatic carbocycles. The number of thiophene rings is 1. The summed E-state index contributed by atoms with van der Waals surface area (Å²) in [6, 6.07) is 8.28. The second-order valence-corrected chi connectivity index (χ2v) is 6.55. The summed E-state index contributed by atoms with van der Waals surface area (Å²) in [5, 5.41) is 1.22. The third kappa shape index (κ3) is 2.45. The van der Waals surface area contributed by atoms with Crippen LogP contribution in [-0.2, 0) is 0 Å². The fourth-order valence-corrected chi connectivity index (χ4v) is 3.95. The molecular formula is C16H20N2OS. The van der Waals surface area contributed by atoms with Gasteiger partial charge < -0.3 is 9.80 Å². The minimum Gasteiger partial charge on any atom is -0.337 e. The molecule has 1 aliphatic heterocycles. The predicted molar refractivity (Wildman–Crippen MR) is 84.6 cm³/mol. The Morgan fingerprint density at radius 1 is 1.15 bits per heavy atom. The van der Waals surface area contributed by atoms with Gasteiger partial charge in [-0.1, -0.05) is 18.2 Å². The monoisotopic (exact) mass is 288 g/mol. The van der Waals surface area contributed by atoms with Crippen LogP contribution < -0.4 is 0 Å². The van der Waals surface area contributed by atoms with Crippen molar-refractivity contribution in [3.05, 3.63) is 34.7 Å². The first-order chi connectivity index (χ1) is 9.66. The Morgan fingerprint density at radius 2 is 1.95 bits per heavy atom. The molecule has 0 atom stereocenters. The smallest absolute Gasteiger partial charge is 0.264 e. The van der Waals surface area contributed by atoms with Crippen molar-refractivity contribution in [1.82, 2.24) is 9.80 Å². The summed E-state index contributed by atoms with van der Waals surface area (Å²) >= 11 is 1.63. The molecule has 3 nitrogen and oxygen atoms in total. The minimum absolute atomic E-state index is 0.207. The molecule has 1 amide bonds. The number of carbonyl (C=O) groups excluding carboxylic acids is 1. The second kappa shape index (κ2) is 5.54. The summed E-state index contributed by atoms with van der Waals surface area (Å²) in [6.45, 7) is 5.82. The van der Waals surface area contributed by atoms with Gasteiger partial charge in [0.1, 0.15) is 0 Å². The van der Waals surface area contributed by atoms with Crippen LogP contribution in [0.5, 0.6) is 0 Å². The highest BCUT2D eigenvalue weighted by molar-refractivity contribution is 7.21. The van der Waals surface area contributed by atoms with Crippen LogP contribution in [0.2, 0.25) is 0 Å². The van der Waals surface area contributed by atoms with Gasteiger partial charge in [-0.25, -0.2) is 0 Å². The fraction of sp³-hybridized carbons (Fsp3) is 0.438. The Hall–Kier alpha value is -1.39. The quantitative estimate of drug-likeness (QED) is 0.805. The standard InChI is InChI=1S/C16H20N2OS/c1-12-13-6-3-4-7-14(13)20-15(12)16(19)18-9-5-8-17(2)10-11-18/h3-4,6-7H,5,8-11H2,1-2H3. The van der Waals surface area contributed by atoms with Crippen molar-refractivity contribution >= 4 is 27.3 Å². The van der Waals surface area contributed by atoms with Crippen molar-refractivity contribution in [2.45, 2.75) is 13.3 Å². The maximum absolute atomic E-state index is 12.8. The highest BCUT2D eigenvalue weighted by atomic mass is 32.1. The van der Waals surface area contributed by atoms with Gasteiger partial charge in [-0.2, -0.15) is 0 Å². The Labute approximate surface area is 123 Å². The van der Waals surface area contributed by atoms with Crippen LogP contribution >= 0.6 is 11.3 Å².